The minimum absolute atomic E-state index is 0.148. The molecule has 1 rings (SSSR count). The van der Waals surface area contributed by atoms with Crippen LogP contribution in [0.1, 0.15) is 29.3 Å². The molecule has 1 nitrogen and oxygen atoms in total. The molecule has 0 atom stereocenters. The van der Waals surface area contributed by atoms with Crippen molar-refractivity contribution in [1.82, 2.24) is 0 Å². The van der Waals surface area contributed by atoms with Crippen LogP contribution in [-0.2, 0) is 0 Å². The lowest BCUT2D eigenvalue weighted by molar-refractivity contribution is 0.0990. The Morgan fingerprint density at radius 2 is 2.17 bits per heavy atom. The van der Waals surface area contributed by atoms with Crippen molar-refractivity contribution >= 4 is 5.78 Å². The monoisotopic (exact) mass is 244 g/mol. The van der Waals surface area contributed by atoms with Crippen LogP contribution in [0.4, 0.5) is 4.39 Å². The quantitative estimate of drug-likeness (QED) is 0.554. The van der Waals surface area contributed by atoms with Gasteiger partial charge in [-0.05, 0) is 31.1 Å². The van der Waals surface area contributed by atoms with Gasteiger partial charge < -0.3 is 0 Å². The first-order chi connectivity index (χ1) is 8.60. The number of rotatable bonds is 5. The Labute approximate surface area is 107 Å². The summed E-state index contributed by atoms with van der Waals surface area (Å²) in [5, 5.41) is 0. The molecule has 0 radical (unpaired) electrons. The molecule has 0 fully saturated rings. The maximum Gasteiger partial charge on any atom is 0.170 e. The molecular weight excluding hydrogens is 227 g/mol. The molecule has 0 aliphatic heterocycles. The zero-order chi connectivity index (χ0) is 13.5. The molecule has 0 N–H and O–H groups in total. The fourth-order valence-electron chi connectivity index (χ4n) is 1.68. The third kappa shape index (κ3) is 3.52. The summed E-state index contributed by atoms with van der Waals surface area (Å²) in [5.74, 6) is -0.650. The molecule has 0 amide bonds. The summed E-state index contributed by atoms with van der Waals surface area (Å²) in [6.07, 6.45) is 7.22. The normalized spacial score (nSPS) is 11.8. The second-order valence-corrected chi connectivity index (χ2v) is 4.01. The Morgan fingerprint density at radius 3 is 2.78 bits per heavy atom. The molecule has 0 aliphatic rings. The average molecular weight is 244 g/mol. The van der Waals surface area contributed by atoms with Gasteiger partial charge in [0, 0.05) is 6.42 Å². The standard InChI is InChI=1S/C16H17FO/c1-4-7-13(8-5-2)11-15(18)14-10-6-9-12(3)16(14)17/h4-10H,1,11H2,2-3H3/b8-5-,13-7+. The fraction of sp³-hybridized carbons (Fsp3) is 0.188. The molecule has 2 heteroatoms. The Bertz CT molecular complexity index is 510. The van der Waals surface area contributed by atoms with Crippen LogP contribution >= 0.6 is 0 Å². The summed E-state index contributed by atoms with van der Waals surface area (Å²) in [7, 11) is 0. The SMILES string of the molecule is C=C/C=C(\C=C/C)CC(=O)c1cccc(C)c1F. The molecule has 0 saturated heterocycles. The van der Waals surface area contributed by atoms with E-state index in [4.69, 9.17) is 0 Å². The van der Waals surface area contributed by atoms with Crippen LogP contribution in [0.3, 0.4) is 0 Å². The molecule has 0 spiro atoms. The lowest BCUT2D eigenvalue weighted by atomic mass is 10.0. The predicted molar refractivity (Wildman–Crippen MR) is 73.2 cm³/mol. The number of halogens is 1. The molecule has 0 aromatic heterocycles. The van der Waals surface area contributed by atoms with Crippen molar-refractivity contribution in [2.45, 2.75) is 20.3 Å². The maximum absolute atomic E-state index is 13.8. The summed E-state index contributed by atoms with van der Waals surface area (Å²) in [6.45, 7) is 7.12. The zero-order valence-corrected chi connectivity index (χ0v) is 10.7. The van der Waals surface area contributed by atoms with E-state index in [-0.39, 0.29) is 17.8 Å². The highest BCUT2D eigenvalue weighted by atomic mass is 19.1. The minimum atomic E-state index is -0.430. The van der Waals surface area contributed by atoms with E-state index in [0.717, 1.165) is 5.57 Å². The first-order valence-electron chi connectivity index (χ1n) is 5.82. The zero-order valence-electron chi connectivity index (χ0n) is 10.7. The van der Waals surface area contributed by atoms with Crippen molar-refractivity contribution in [3.8, 4) is 0 Å². The maximum atomic E-state index is 13.8. The summed E-state index contributed by atoms with van der Waals surface area (Å²) in [5.41, 5.74) is 1.45. The number of benzene rings is 1. The van der Waals surface area contributed by atoms with Gasteiger partial charge in [-0.2, -0.15) is 0 Å². The third-order valence-corrected chi connectivity index (χ3v) is 2.57. The molecular formula is C16H17FO. The van der Waals surface area contributed by atoms with E-state index in [0.29, 0.717) is 5.56 Å². The van der Waals surface area contributed by atoms with Gasteiger partial charge in [-0.15, -0.1) is 0 Å². The molecule has 1 aromatic carbocycles. The van der Waals surface area contributed by atoms with Gasteiger partial charge in [0.2, 0.25) is 0 Å². The number of allylic oxidation sites excluding steroid dienone is 5. The van der Waals surface area contributed by atoms with Crippen molar-refractivity contribution < 1.29 is 9.18 Å². The van der Waals surface area contributed by atoms with Gasteiger partial charge >= 0.3 is 0 Å². The second-order valence-electron chi connectivity index (χ2n) is 4.01. The smallest absolute Gasteiger partial charge is 0.170 e. The number of aryl methyl sites for hydroxylation is 1. The molecule has 0 heterocycles. The van der Waals surface area contributed by atoms with Crippen LogP contribution in [0, 0.1) is 12.7 Å². The average Bonchev–Trinajstić information content (AvgIpc) is 2.33. The number of carbonyl (C=O) groups excluding carboxylic acids is 1. The summed E-state index contributed by atoms with van der Waals surface area (Å²) >= 11 is 0. The minimum Gasteiger partial charge on any atom is -0.294 e. The Morgan fingerprint density at radius 1 is 1.44 bits per heavy atom. The van der Waals surface area contributed by atoms with Crippen molar-refractivity contribution in [1.29, 1.82) is 0 Å². The van der Waals surface area contributed by atoms with Gasteiger partial charge in [-0.1, -0.05) is 43.0 Å². The van der Waals surface area contributed by atoms with Crippen LogP contribution in [-0.4, -0.2) is 5.78 Å². The molecule has 0 unspecified atom stereocenters. The first kappa shape index (κ1) is 14.1. The van der Waals surface area contributed by atoms with Gasteiger partial charge in [-0.3, -0.25) is 4.79 Å². The number of hydrogen-bond acceptors (Lipinski definition) is 1. The van der Waals surface area contributed by atoms with Crippen LogP contribution in [0.15, 0.2) is 54.7 Å². The first-order valence-corrected chi connectivity index (χ1v) is 5.82. The van der Waals surface area contributed by atoms with Crippen molar-refractivity contribution in [2.75, 3.05) is 0 Å². The molecule has 0 bridgehead atoms. The molecule has 18 heavy (non-hydrogen) atoms. The van der Waals surface area contributed by atoms with Gasteiger partial charge in [-0.25, -0.2) is 4.39 Å². The summed E-state index contributed by atoms with van der Waals surface area (Å²) in [6, 6.07) is 4.86. The van der Waals surface area contributed by atoms with Crippen LogP contribution < -0.4 is 0 Å². The largest absolute Gasteiger partial charge is 0.294 e. The number of ketones is 1. The van der Waals surface area contributed by atoms with E-state index in [1.54, 1.807) is 31.2 Å². The molecule has 1 aromatic rings. The third-order valence-electron chi connectivity index (χ3n) is 2.57. The number of hydrogen-bond donors (Lipinski definition) is 0. The Kier molecular flexibility index (Phi) is 5.25. The van der Waals surface area contributed by atoms with E-state index >= 15 is 0 Å². The second kappa shape index (κ2) is 6.70. The lowest BCUT2D eigenvalue weighted by Gasteiger charge is -2.05. The van der Waals surface area contributed by atoms with Gasteiger partial charge in [0.15, 0.2) is 5.78 Å². The molecule has 94 valence electrons. The molecule has 0 aliphatic carbocycles. The van der Waals surface area contributed by atoms with Crippen molar-refractivity contribution in [2.24, 2.45) is 0 Å². The highest BCUT2D eigenvalue weighted by Crippen LogP contribution is 2.16. The van der Waals surface area contributed by atoms with E-state index < -0.39 is 5.82 Å². The highest BCUT2D eigenvalue weighted by molar-refractivity contribution is 5.98. The van der Waals surface area contributed by atoms with E-state index in [9.17, 15) is 9.18 Å². The number of carbonyl (C=O) groups is 1. The Hall–Kier alpha value is -1.96. The van der Waals surface area contributed by atoms with E-state index in [1.165, 1.54) is 6.07 Å². The van der Waals surface area contributed by atoms with Gasteiger partial charge in [0.05, 0.1) is 5.56 Å². The van der Waals surface area contributed by atoms with Crippen molar-refractivity contribution in [3.05, 3.63) is 71.6 Å². The van der Waals surface area contributed by atoms with Crippen LogP contribution in [0.5, 0.6) is 0 Å². The topological polar surface area (TPSA) is 17.1 Å². The number of Topliss-reactive ketones (excluding diaryl/α,β-unsaturated/α-hetero) is 1. The van der Waals surface area contributed by atoms with Crippen LogP contribution in [0.2, 0.25) is 0 Å². The van der Waals surface area contributed by atoms with E-state index in [2.05, 4.69) is 6.58 Å². The fourth-order valence-corrected chi connectivity index (χ4v) is 1.68. The van der Waals surface area contributed by atoms with Gasteiger partial charge in [0.1, 0.15) is 5.82 Å². The van der Waals surface area contributed by atoms with Gasteiger partial charge in [0.25, 0.3) is 0 Å². The highest BCUT2D eigenvalue weighted by Gasteiger charge is 2.13. The summed E-state index contributed by atoms with van der Waals surface area (Å²) < 4.78 is 13.8. The molecule has 0 saturated carbocycles. The lowest BCUT2D eigenvalue weighted by Crippen LogP contribution is -2.04. The Balaban J connectivity index is 2.98. The summed E-state index contributed by atoms with van der Waals surface area (Å²) in [4.78, 5) is 12.0. The van der Waals surface area contributed by atoms with Crippen LogP contribution in [0.25, 0.3) is 0 Å². The van der Waals surface area contributed by atoms with Crippen molar-refractivity contribution in [3.63, 3.8) is 0 Å². The predicted octanol–water partition coefficient (Wildman–Crippen LogP) is 4.40. The van der Waals surface area contributed by atoms with E-state index in [1.807, 2.05) is 19.1 Å².